The van der Waals surface area contributed by atoms with E-state index in [0.29, 0.717) is 0 Å². The van der Waals surface area contributed by atoms with Crippen molar-refractivity contribution in [1.82, 2.24) is 9.55 Å². The molecule has 0 spiro atoms. The van der Waals surface area contributed by atoms with Gasteiger partial charge < -0.3 is 4.57 Å². The van der Waals surface area contributed by atoms with Crippen LogP contribution in [0.3, 0.4) is 0 Å². The maximum Gasteiger partial charge on any atom is 0.0723 e. The Bertz CT molecular complexity index is 2240. The topological polar surface area (TPSA) is 17.8 Å². The highest BCUT2D eigenvalue weighted by atomic mass is 15.0. The number of aromatic nitrogens is 2. The summed E-state index contributed by atoms with van der Waals surface area (Å²) >= 11 is 0. The fraction of sp³-hybridized carbons (Fsp3) is 0. The number of fused-ring (bicyclic) bond motifs is 8. The van der Waals surface area contributed by atoms with E-state index in [9.17, 15) is 0 Å². The summed E-state index contributed by atoms with van der Waals surface area (Å²) in [6.45, 7) is 0. The fourth-order valence-corrected chi connectivity index (χ4v) is 6.74. The first kappa shape index (κ1) is 20.8. The van der Waals surface area contributed by atoms with Gasteiger partial charge in [0, 0.05) is 28.0 Å². The van der Waals surface area contributed by atoms with Crippen LogP contribution < -0.4 is 0 Å². The Balaban J connectivity index is 1.36. The second kappa shape index (κ2) is 7.66. The van der Waals surface area contributed by atoms with Crippen LogP contribution in [0.25, 0.3) is 82.5 Å². The minimum absolute atomic E-state index is 1.01. The van der Waals surface area contributed by atoms with Crippen molar-refractivity contribution in [2.45, 2.75) is 0 Å². The molecule has 0 fully saturated rings. The molecule has 0 saturated heterocycles. The van der Waals surface area contributed by atoms with Crippen molar-refractivity contribution in [3.8, 4) is 39.1 Å². The quantitative estimate of drug-likeness (QED) is 0.234. The Hall–Kier alpha value is -5.21. The van der Waals surface area contributed by atoms with E-state index in [-0.39, 0.29) is 0 Å². The van der Waals surface area contributed by atoms with Gasteiger partial charge in [-0.25, -0.2) is 0 Å². The number of para-hydroxylation sites is 1. The molecule has 1 aliphatic carbocycles. The second-order valence-electron chi connectivity index (χ2n) is 10.4. The molecule has 180 valence electrons. The molecule has 2 aromatic heterocycles. The maximum absolute atomic E-state index is 4.66. The lowest BCUT2D eigenvalue weighted by Gasteiger charge is -2.11. The lowest BCUT2D eigenvalue weighted by atomic mass is 9.93. The van der Waals surface area contributed by atoms with E-state index in [0.717, 1.165) is 11.2 Å². The molecule has 1 aliphatic rings. The zero-order chi connectivity index (χ0) is 25.5. The van der Waals surface area contributed by atoms with Crippen LogP contribution >= 0.6 is 0 Å². The van der Waals surface area contributed by atoms with Gasteiger partial charge in [0.2, 0.25) is 0 Å². The number of pyridine rings is 1. The Morgan fingerprint density at radius 1 is 0.462 bits per heavy atom. The molecule has 8 aromatic rings. The highest BCUT2D eigenvalue weighted by molar-refractivity contribution is 6.21. The van der Waals surface area contributed by atoms with Gasteiger partial charge >= 0.3 is 0 Å². The molecule has 0 aliphatic heterocycles. The van der Waals surface area contributed by atoms with Crippen molar-refractivity contribution >= 4 is 43.5 Å². The van der Waals surface area contributed by atoms with E-state index in [1.165, 1.54) is 71.3 Å². The summed E-state index contributed by atoms with van der Waals surface area (Å²) in [4.78, 5) is 4.66. The number of rotatable bonds is 2. The van der Waals surface area contributed by atoms with Gasteiger partial charge in [0.15, 0.2) is 0 Å². The summed E-state index contributed by atoms with van der Waals surface area (Å²) in [5.41, 5.74) is 12.4. The lowest BCUT2D eigenvalue weighted by Crippen LogP contribution is -1.94. The van der Waals surface area contributed by atoms with Gasteiger partial charge in [-0.3, -0.25) is 4.98 Å². The third-order valence-electron chi connectivity index (χ3n) is 8.38. The summed E-state index contributed by atoms with van der Waals surface area (Å²) < 4.78 is 2.39. The second-order valence-corrected chi connectivity index (χ2v) is 10.4. The average Bonchev–Trinajstić information content (AvgIpc) is 3.52. The number of hydrogen-bond acceptors (Lipinski definition) is 1. The van der Waals surface area contributed by atoms with Crippen molar-refractivity contribution in [2.24, 2.45) is 0 Å². The van der Waals surface area contributed by atoms with Crippen LogP contribution in [0.4, 0.5) is 0 Å². The fourth-order valence-electron chi connectivity index (χ4n) is 6.74. The van der Waals surface area contributed by atoms with Crippen LogP contribution in [-0.4, -0.2) is 9.55 Å². The van der Waals surface area contributed by atoms with E-state index in [1.807, 2.05) is 12.3 Å². The zero-order valence-electron chi connectivity index (χ0n) is 21.1. The molecule has 9 rings (SSSR count). The number of hydrogen-bond donors (Lipinski definition) is 0. The van der Waals surface area contributed by atoms with Crippen LogP contribution in [-0.2, 0) is 0 Å². The summed E-state index contributed by atoms with van der Waals surface area (Å²) in [6, 6.07) is 46.3. The first-order valence-electron chi connectivity index (χ1n) is 13.4. The molecule has 0 amide bonds. The molecule has 0 atom stereocenters. The molecular weight excluding hydrogens is 472 g/mol. The van der Waals surface area contributed by atoms with E-state index in [2.05, 4.69) is 131 Å². The SMILES string of the molecule is c1ccc(-n2c3ccc(-c4ccc5c6c(cccc46)-c4ccccc4-5)cc3c3ccc4ncccc4c32)cc1. The molecule has 6 aromatic carbocycles. The number of benzene rings is 6. The first-order chi connectivity index (χ1) is 19.4. The summed E-state index contributed by atoms with van der Waals surface area (Å²) in [5, 5.41) is 6.33. The van der Waals surface area contributed by atoms with Gasteiger partial charge in [0.25, 0.3) is 0 Å². The monoisotopic (exact) mass is 494 g/mol. The Labute approximate surface area is 225 Å². The lowest BCUT2D eigenvalue weighted by molar-refractivity contribution is 1.19. The van der Waals surface area contributed by atoms with Crippen LogP contribution in [0.15, 0.2) is 134 Å². The van der Waals surface area contributed by atoms with Gasteiger partial charge in [-0.2, -0.15) is 0 Å². The summed E-state index contributed by atoms with van der Waals surface area (Å²) in [5.74, 6) is 0. The molecule has 2 nitrogen and oxygen atoms in total. The average molecular weight is 495 g/mol. The standard InChI is InChI=1S/C37H22N2/c1-2-8-24(9-3-1)39-35-20-15-23(22-33(35)31-18-19-34-32(37(31)39)14-7-21-38-34)25-16-17-30-27-11-5-4-10-26(27)29-13-6-12-28(25)36(29)30/h1-22H. The van der Waals surface area contributed by atoms with Gasteiger partial charge in [0.05, 0.1) is 16.6 Å². The normalized spacial score (nSPS) is 12.1. The predicted octanol–water partition coefficient (Wildman–Crippen LogP) is 9.80. The van der Waals surface area contributed by atoms with Gasteiger partial charge in [0.1, 0.15) is 0 Å². The highest BCUT2D eigenvalue weighted by Gasteiger charge is 2.23. The van der Waals surface area contributed by atoms with Gasteiger partial charge in [-0.1, -0.05) is 84.9 Å². The highest BCUT2D eigenvalue weighted by Crippen LogP contribution is 2.49. The minimum Gasteiger partial charge on any atom is -0.309 e. The third kappa shape index (κ3) is 2.78. The third-order valence-corrected chi connectivity index (χ3v) is 8.38. The number of nitrogens with zero attached hydrogens (tertiary/aromatic N) is 2. The van der Waals surface area contributed by atoms with Crippen molar-refractivity contribution in [2.75, 3.05) is 0 Å². The van der Waals surface area contributed by atoms with Crippen LogP contribution in [0.5, 0.6) is 0 Å². The molecule has 0 saturated carbocycles. The van der Waals surface area contributed by atoms with Gasteiger partial charge in [-0.15, -0.1) is 0 Å². The largest absolute Gasteiger partial charge is 0.309 e. The van der Waals surface area contributed by atoms with E-state index >= 15 is 0 Å². The smallest absolute Gasteiger partial charge is 0.0723 e. The molecule has 0 N–H and O–H groups in total. The van der Waals surface area contributed by atoms with Crippen LogP contribution in [0.2, 0.25) is 0 Å². The van der Waals surface area contributed by atoms with E-state index in [1.54, 1.807) is 0 Å². The Morgan fingerprint density at radius 3 is 2.08 bits per heavy atom. The van der Waals surface area contributed by atoms with E-state index in [4.69, 9.17) is 0 Å². The van der Waals surface area contributed by atoms with Crippen molar-refractivity contribution in [1.29, 1.82) is 0 Å². The van der Waals surface area contributed by atoms with Crippen molar-refractivity contribution in [3.63, 3.8) is 0 Å². The van der Waals surface area contributed by atoms with Gasteiger partial charge in [-0.05, 0) is 86.6 Å². The molecule has 0 unspecified atom stereocenters. The molecule has 39 heavy (non-hydrogen) atoms. The van der Waals surface area contributed by atoms with E-state index < -0.39 is 0 Å². The first-order valence-corrected chi connectivity index (χ1v) is 13.4. The van der Waals surface area contributed by atoms with Crippen LogP contribution in [0, 0.1) is 0 Å². The van der Waals surface area contributed by atoms with Crippen LogP contribution in [0.1, 0.15) is 0 Å². The molecule has 0 radical (unpaired) electrons. The maximum atomic E-state index is 4.66. The molecule has 0 bridgehead atoms. The van der Waals surface area contributed by atoms with Crippen molar-refractivity contribution < 1.29 is 0 Å². The summed E-state index contributed by atoms with van der Waals surface area (Å²) in [7, 11) is 0. The molecule has 2 heteroatoms. The summed E-state index contributed by atoms with van der Waals surface area (Å²) in [6.07, 6.45) is 1.87. The zero-order valence-corrected chi connectivity index (χ0v) is 21.1. The Morgan fingerprint density at radius 2 is 1.21 bits per heavy atom. The Kier molecular flexibility index (Phi) is 4.08. The van der Waals surface area contributed by atoms with Crippen molar-refractivity contribution in [3.05, 3.63) is 134 Å². The predicted molar refractivity (Wildman–Crippen MR) is 163 cm³/mol. The molecule has 2 heterocycles. The minimum atomic E-state index is 1.01. The molecular formula is C37H22N2.